The zero-order valence-corrected chi connectivity index (χ0v) is 13.7. The number of hydrogen-bond donors (Lipinski definition) is 0. The summed E-state index contributed by atoms with van der Waals surface area (Å²) in [5, 5.41) is 0. The molecule has 19 heavy (non-hydrogen) atoms. The standard InChI is InChI=1S/C19H36/c1-5-7-9-18-12-14-19(15-13-18)17(4)11-10-16(3)8-6-2/h5,16-19H,1,6-15H2,2-4H3. The Balaban J connectivity index is 2.17. The molecule has 1 fully saturated rings. The number of rotatable bonds is 9. The van der Waals surface area contributed by atoms with Gasteiger partial charge in [0.1, 0.15) is 0 Å². The Labute approximate surface area is 122 Å². The second kappa shape index (κ2) is 9.61. The summed E-state index contributed by atoms with van der Waals surface area (Å²) in [4.78, 5) is 0. The fraction of sp³-hybridized carbons (Fsp3) is 0.895. The van der Waals surface area contributed by atoms with Crippen LogP contribution in [0.2, 0.25) is 0 Å². The summed E-state index contributed by atoms with van der Waals surface area (Å²) >= 11 is 0. The van der Waals surface area contributed by atoms with Crippen molar-refractivity contribution < 1.29 is 0 Å². The van der Waals surface area contributed by atoms with Crippen molar-refractivity contribution in [3.05, 3.63) is 12.7 Å². The average Bonchev–Trinajstić information content (AvgIpc) is 2.43. The summed E-state index contributed by atoms with van der Waals surface area (Å²) in [6.07, 6.45) is 16.3. The zero-order chi connectivity index (χ0) is 14.1. The molecule has 0 aromatic rings. The molecule has 0 aromatic carbocycles. The molecule has 1 aliphatic carbocycles. The molecule has 2 unspecified atom stereocenters. The topological polar surface area (TPSA) is 0 Å². The quantitative estimate of drug-likeness (QED) is 0.411. The molecule has 1 rings (SSSR count). The second-order valence-electron chi connectivity index (χ2n) is 7.10. The lowest BCUT2D eigenvalue weighted by Crippen LogP contribution is -2.20. The van der Waals surface area contributed by atoms with E-state index in [4.69, 9.17) is 0 Å². The maximum atomic E-state index is 3.84. The van der Waals surface area contributed by atoms with Gasteiger partial charge in [-0.25, -0.2) is 0 Å². The van der Waals surface area contributed by atoms with Gasteiger partial charge in [0.15, 0.2) is 0 Å². The summed E-state index contributed by atoms with van der Waals surface area (Å²) < 4.78 is 0. The van der Waals surface area contributed by atoms with E-state index in [2.05, 4.69) is 33.4 Å². The first-order valence-electron chi connectivity index (χ1n) is 8.78. The first-order valence-corrected chi connectivity index (χ1v) is 8.78. The van der Waals surface area contributed by atoms with Crippen molar-refractivity contribution in [1.82, 2.24) is 0 Å². The maximum Gasteiger partial charge on any atom is -0.0351 e. The third-order valence-electron chi connectivity index (χ3n) is 5.37. The molecule has 0 saturated heterocycles. The monoisotopic (exact) mass is 264 g/mol. The van der Waals surface area contributed by atoms with Crippen molar-refractivity contribution in [2.24, 2.45) is 23.7 Å². The molecule has 0 aliphatic heterocycles. The van der Waals surface area contributed by atoms with E-state index in [-0.39, 0.29) is 0 Å². The molecule has 0 N–H and O–H groups in total. The fourth-order valence-corrected chi connectivity index (χ4v) is 3.82. The van der Waals surface area contributed by atoms with Gasteiger partial charge in [0.25, 0.3) is 0 Å². The highest BCUT2D eigenvalue weighted by atomic mass is 14.3. The Hall–Kier alpha value is -0.260. The highest BCUT2D eigenvalue weighted by molar-refractivity contribution is 4.78. The highest BCUT2D eigenvalue weighted by Gasteiger charge is 2.24. The Morgan fingerprint density at radius 2 is 1.74 bits per heavy atom. The predicted molar refractivity (Wildman–Crippen MR) is 87.3 cm³/mol. The molecule has 0 nitrogen and oxygen atoms in total. The van der Waals surface area contributed by atoms with Crippen molar-refractivity contribution >= 4 is 0 Å². The summed E-state index contributed by atoms with van der Waals surface area (Å²) in [5.74, 6) is 3.92. The van der Waals surface area contributed by atoms with Crippen molar-refractivity contribution in [3.8, 4) is 0 Å². The molecule has 0 spiro atoms. The lowest BCUT2D eigenvalue weighted by molar-refractivity contribution is 0.194. The van der Waals surface area contributed by atoms with Crippen LogP contribution in [0, 0.1) is 23.7 Å². The fourth-order valence-electron chi connectivity index (χ4n) is 3.82. The molecular formula is C19H36. The number of hydrogen-bond acceptors (Lipinski definition) is 0. The van der Waals surface area contributed by atoms with Crippen molar-refractivity contribution in [3.63, 3.8) is 0 Å². The van der Waals surface area contributed by atoms with Gasteiger partial charge >= 0.3 is 0 Å². The van der Waals surface area contributed by atoms with Gasteiger partial charge in [0.2, 0.25) is 0 Å². The van der Waals surface area contributed by atoms with Crippen LogP contribution in [0.1, 0.15) is 85.0 Å². The van der Waals surface area contributed by atoms with Crippen molar-refractivity contribution in [2.75, 3.05) is 0 Å². The van der Waals surface area contributed by atoms with Crippen LogP contribution < -0.4 is 0 Å². The third kappa shape index (κ3) is 6.63. The van der Waals surface area contributed by atoms with E-state index in [1.165, 1.54) is 64.2 Å². The van der Waals surface area contributed by atoms with E-state index in [1.807, 2.05) is 0 Å². The van der Waals surface area contributed by atoms with E-state index in [1.54, 1.807) is 0 Å². The summed E-state index contributed by atoms with van der Waals surface area (Å²) in [6.45, 7) is 11.1. The summed E-state index contributed by atoms with van der Waals surface area (Å²) in [6, 6.07) is 0. The Kier molecular flexibility index (Phi) is 8.50. The van der Waals surface area contributed by atoms with Crippen molar-refractivity contribution in [1.29, 1.82) is 0 Å². The van der Waals surface area contributed by atoms with Gasteiger partial charge in [-0.1, -0.05) is 65.4 Å². The lowest BCUT2D eigenvalue weighted by atomic mass is 9.73. The predicted octanol–water partition coefficient (Wildman–Crippen LogP) is 6.61. The van der Waals surface area contributed by atoms with Crippen molar-refractivity contribution in [2.45, 2.75) is 85.0 Å². The van der Waals surface area contributed by atoms with Gasteiger partial charge in [-0.3, -0.25) is 0 Å². The number of allylic oxidation sites excluding steroid dienone is 1. The smallest absolute Gasteiger partial charge is 0.0351 e. The van der Waals surface area contributed by atoms with E-state index in [9.17, 15) is 0 Å². The molecule has 2 atom stereocenters. The molecule has 0 bridgehead atoms. The Bertz CT molecular complexity index is 222. The van der Waals surface area contributed by atoms with Crippen LogP contribution in [-0.4, -0.2) is 0 Å². The minimum absolute atomic E-state index is 0.941. The lowest BCUT2D eigenvalue weighted by Gasteiger charge is -2.32. The normalized spacial score (nSPS) is 26.9. The van der Waals surface area contributed by atoms with E-state index < -0.39 is 0 Å². The van der Waals surface area contributed by atoms with Crippen LogP contribution in [0.25, 0.3) is 0 Å². The van der Waals surface area contributed by atoms with Gasteiger partial charge in [0, 0.05) is 0 Å². The van der Waals surface area contributed by atoms with E-state index >= 15 is 0 Å². The molecule has 0 aromatic heterocycles. The minimum atomic E-state index is 0.941. The average molecular weight is 264 g/mol. The molecule has 1 saturated carbocycles. The highest BCUT2D eigenvalue weighted by Crippen LogP contribution is 2.37. The first-order chi connectivity index (χ1) is 9.17. The first kappa shape index (κ1) is 16.8. The van der Waals surface area contributed by atoms with Gasteiger partial charge in [-0.2, -0.15) is 0 Å². The van der Waals surface area contributed by atoms with Gasteiger partial charge < -0.3 is 0 Å². The molecule has 112 valence electrons. The van der Waals surface area contributed by atoms with Gasteiger partial charge in [-0.15, -0.1) is 6.58 Å². The second-order valence-corrected chi connectivity index (χ2v) is 7.10. The molecule has 0 radical (unpaired) electrons. The molecule has 0 amide bonds. The van der Waals surface area contributed by atoms with E-state index in [0.29, 0.717) is 0 Å². The minimum Gasteiger partial charge on any atom is -0.103 e. The summed E-state index contributed by atoms with van der Waals surface area (Å²) in [5.41, 5.74) is 0. The van der Waals surface area contributed by atoms with Crippen LogP contribution in [0.3, 0.4) is 0 Å². The zero-order valence-electron chi connectivity index (χ0n) is 13.7. The molecule has 1 aliphatic rings. The molecular weight excluding hydrogens is 228 g/mol. The van der Waals surface area contributed by atoms with Crippen LogP contribution in [0.5, 0.6) is 0 Å². The Morgan fingerprint density at radius 3 is 2.32 bits per heavy atom. The Morgan fingerprint density at radius 1 is 1.05 bits per heavy atom. The van der Waals surface area contributed by atoms with Crippen LogP contribution in [0.4, 0.5) is 0 Å². The van der Waals surface area contributed by atoms with E-state index in [0.717, 1.165) is 23.7 Å². The molecule has 0 heteroatoms. The van der Waals surface area contributed by atoms with Crippen LogP contribution in [0.15, 0.2) is 12.7 Å². The van der Waals surface area contributed by atoms with Crippen LogP contribution in [-0.2, 0) is 0 Å². The third-order valence-corrected chi connectivity index (χ3v) is 5.37. The van der Waals surface area contributed by atoms with Gasteiger partial charge in [0.05, 0.1) is 0 Å². The largest absolute Gasteiger partial charge is 0.103 e. The molecule has 0 heterocycles. The van der Waals surface area contributed by atoms with Crippen LogP contribution >= 0.6 is 0 Å². The SMILES string of the molecule is C=CCCC1CCC(C(C)CCC(C)CCC)CC1. The summed E-state index contributed by atoms with van der Waals surface area (Å²) in [7, 11) is 0. The maximum absolute atomic E-state index is 3.84. The van der Waals surface area contributed by atoms with Gasteiger partial charge in [-0.05, 0) is 49.4 Å².